The summed E-state index contributed by atoms with van der Waals surface area (Å²) in [6, 6.07) is 5.57. The van der Waals surface area contributed by atoms with Crippen molar-refractivity contribution in [2.75, 3.05) is 10.5 Å². The third kappa shape index (κ3) is 5.08. The van der Waals surface area contributed by atoms with Crippen molar-refractivity contribution in [3.63, 3.8) is 0 Å². The van der Waals surface area contributed by atoms with Crippen LogP contribution in [0.25, 0.3) is 0 Å². The lowest BCUT2D eigenvalue weighted by Crippen LogP contribution is -2.26. The van der Waals surface area contributed by atoms with E-state index in [1.807, 2.05) is 45.9 Å². The molecule has 0 aromatic heterocycles. The van der Waals surface area contributed by atoms with E-state index < -0.39 is 10.0 Å². The Bertz CT molecular complexity index is 504. The Balaban J connectivity index is 2.94. The van der Waals surface area contributed by atoms with E-state index in [9.17, 15) is 8.42 Å². The number of halogens is 1. The first-order valence-corrected chi connectivity index (χ1v) is 7.80. The molecular formula is C12H18BrNO2S. The lowest BCUT2D eigenvalue weighted by molar-refractivity contribution is 0.463. The van der Waals surface area contributed by atoms with Crippen LogP contribution in [0.15, 0.2) is 22.7 Å². The lowest BCUT2D eigenvalue weighted by Gasteiger charge is -2.19. The molecule has 0 amide bonds. The summed E-state index contributed by atoms with van der Waals surface area (Å²) in [5, 5.41) is 0. The van der Waals surface area contributed by atoms with Gasteiger partial charge in [-0.05, 0) is 46.0 Å². The van der Waals surface area contributed by atoms with Gasteiger partial charge in [0.15, 0.2) is 0 Å². The first kappa shape index (κ1) is 14.5. The van der Waals surface area contributed by atoms with Gasteiger partial charge >= 0.3 is 0 Å². The highest BCUT2D eigenvalue weighted by atomic mass is 79.9. The Hall–Kier alpha value is -0.550. The van der Waals surface area contributed by atoms with Crippen molar-refractivity contribution >= 4 is 31.6 Å². The maximum Gasteiger partial charge on any atom is 0.233 e. The van der Waals surface area contributed by atoms with Gasteiger partial charge in [0.25, 0.3) is 0 Å². The Kier molecular flexibility index (Phi) is 4.25. The number of benzene rings is 1. The van der Waals surface area contributed by atoms with Gasteiger partial charge in [-0.15, -0.1) is 0 Å². The molecule has 1 aromatic carbocycles. The molecule has 1 N–H and O–H groups in total. The Morgan fingerprint density at radius 2 is 1.88 bits per heavy atom. The molecule has 0 aliphatic rings. The first-order chi connectivity index (χ1) is 7.59. The van der Waals surface area contributed by atoms with Gasteiger partial charge < -0.3 is 0 Å². The average Bonchev–Trinajstić information content (AvgIpc) is 2.06. The van der Waals surface area contributed by atoms with Crippen molar-refractivity contribution in [1.82, 2.24) is 0 Å². The third-order valence-corrected chi connectivity index (χ3v) is 4.48. The van der Waals surface area contributed by atoms with Crippen LogP contribution >= 0.6 is 15.9 Å². The summed E-state index contributed by atoms with van der Waals surface area (Å²) in [5.41, 5.74) is 1.35. The molecule has 0 bridgehead atoms. The van der Waals surface area contributed by atoms with E-state index >= 15 is 0 Å². The maximum absolute atomic E-state index is 11.9. The fourth-order valence-electron chi connectivity index (χ4n) is 1.49. The van der Waals surface area contributed by atoms with Crippen LogP contribution in [-0.2, 0) is 10.0 Å². The van der Waals surface area contributed by atoms with Gasteiger partial charge in [0.1, 0.15) is 0 Å². The second-order valence-electron chi connectivity index (χ2n) is 5.41. The standard InChI is InChI=1S/C12H18BrNO2S/c1-9-5-6-10(13)11(7-9)14-17(15,16)8-12(2,3)4/h5-7,14H,8H2,1-4H3. The minimum absolute atomic E-state index is 0.0976. The maximum atomic E-state index is 11.9. The number of rotatable bonds is 3. The molecule has 17 heavy (non-hydrogen) atoms. The summed E-state index contributed by atoms with van der Waals surface area (Å²) in [6.07, 6.45) is 0. The van der Waals surface area contributed by atoms with E-state index in [0.717, 1.165) is 10.0 Å². The Morgan fingerprint density at radius 3 is 2.41 bits per heavy atom. The van der Waals surface area contributed by atoms with Crippen molar-refractivity contribution in [3.05, 3.63) is 28.2 Å². The topological polar surface area (TPSA) is 46.2 Å². The second-order valence-corrected chi connectivity index (χ2v) is 7.98. The zero-order valence-corrected chi connectivity index (χ0v) is 12.9. The fraction of sp³-hybridized carbons (Fsp3) is 0.500. The number of anilines is 1. The third-order valence-electron chi connectivity index (χ3n) is 2.01. The summed E-state index contributed by atoms with van der Waals surface area (Å²) < 4.78 is 27.3. The van der Waals surface area contributed by atoms with E-state index in [0.29, 0.717) is 5.69 Å². The molecule has 0 aliphatic heterocycles. The van der Waals surface area contributed by atoms with E-state index in [1.165, 1.54) is 0 Å². The number of hydrogen-bond acceptors (Lipinski definition) is 2. The highest BCUT2D eigenvalue weighted by Crippen LogP contribution is 2.26. The zero-order chi connectivity index (χ0) is 13.3. The number of nitrogens with one attached hydrogen (secondary N) is 1. The van der Waals surface area contributed by atoms with E-state index in [2.05, 4.69) is 20.7 Å². The van der Waals surface area contributed by atoms with Crippen LogP contribution in [-0.4, -0.2) is 14.2 Å². The normalized spacial score (nSPS) is 12.5. The first-order valence-electron chi connectivity index (χ1n) is 5.36. The zero-order valence-electron chi connectivity index (χ0n) is 10.5. The molecule has 0 saturated heterocycles. The summed E-state index contributed by atoms with van der Waals surface area (Å²) in [4.78, 5) is 0. The van der Waals surface area contributed by atoms with Gasteiger partial charge in [-0.3, -0.25) is 4.72 Å². The van der Waals surface area contributed by atoms with Gasteiger partial charge in [-0.1, -0.05) is 26.8 Å². The van der Waals surface area contributed by atoms with Crippen LogP contribution in [0, 0.1) is 12.3 Å². The molecule has 0 atom stereocenters. The van der Waals surface area contributed by atoms with Crippen LogP contribution in [0.3, 0.4) is 0 Å². The summed E-state index contributed by atoms with van der Waals surface area (Å²) in [7, 11) is -3.31. The Labute approximate surface area is 112 Å². The summed E-state index contributed by atoms with van der Waals surface area (Å²) in [5.74, 6) is 0.0976. The predicted molar refractivity (Wildman–Crippen MR) is 75.7 cm³/mol. The molecule has 0 fully saturated rings. The van der Waals surface area contributed by atoms with Gasteiger partial charge in [0.2, 0.25) is 10.0 Å². The van der Waals surface area contributed by atoms with Crippen LogP contribution in [0.2, 0.25) is 0 Å². The molecule has 0 radical (unpaired) electrons. The number of hydrogen-bond donors (Lipinski definition) is 1. The fourth-order valence-corrected chi connectivity index (χ4v) is 3.68. The van der Waals surface area contributed by atoms with Crippen molar-refractivity contribution in [2.45, 2.75) is 27.7 Å². The lowest BCUT2D eigenvalue weighted by atomic mass is 10.0. The van der Waals surface area contributed by atoms with Crippen molar-refractivity contribution in [2.24, 2.45) is 5.41 Å². The minimum Gasteiger partial charge on any atom is -0.282 e. The van der Waals surface area contributed by atoms with Crippen LogP contribution in [0.1, 0.15) is 26.3 Å². The van der Waals surface area contributed by atoms with Crippen LogP contribution < -0.4 is 4.72 Å². The van der Waals surface area contributed by atoms with E-state index in [1.54, 1.807) is 0 Å². The van der Waals surface area contributed by atoms with Gasteiger partial charge in [0, 0.05) is 4.47 Å². The monoisotopic (exact) mass is 319 g/mol. The SMILES string of the molecule is Cc1ccc(Br)c(NS(=O)(=O)CC(C)(C)C)c1. The molecule has 1 rings (SSSR count). The summed E-state index contributed by atoms with van der Waals surface area (Å²) >= 11 is 3.34. The van der Waals surface area contributed by atoms with E-state index in [4.69, 9.17) is 0 Å². The molecular weight excluding hydrogens is 302 g/mol. The summed E-state index contributed by atoms with van der Waals surface area (Å²) in [6.45, 7) is 7.63. The molecule has 1 aromatic rings. The molecule has 5 heteroatoms. The van der Waals surface area contributed by atoms with Crippen LogP contribution in [0.5, 0.6) is 0 Å². The van der Waals surface area contributed by atoms with Gasteiger partial charge in [0.05, 0.1) is 11.4 Å². The van der Waals surface area contributed by atoms with Gasteiger partial charge in [-0.2, -0.15) is 0 Å². The molecule has 3 nitrogen and oxygen atoms in total. The highest BCUT2D eigenvalue weighted by Gasteiger charge is 2.22. The molecule has 0 saturated carbocycles. The molecule has 96 valence electrons. The van der Waals surface area contributed by atoms with Crippen molar-refractivity contribution in [3.8, 4) is 0 Å². The molecule has 0 spiro atoms. The molecule has 0 unspecified atom stereocenters. The second kappa shape index (κ2) is 4.98. The number of sulfonamides is 1. The highest BCUT2D eigenvalue weighted by molar-refractivity contribution is 9.10. The predicted octanol–water partition coefficient (Wildman–Crippen LogP) is 3.55. The van der Waals surface area contributed by atoms with Crippen molar-refractivity contribution in [1.29, 1.82) is 0 Å². The largest absolute Gasteiger partial charge is 0.282 e. The van der Waals surface area contributed by atoms with E-state index in [-0.39, 0.29) is 11.2 Å². The quantitative estimate of drug-likeness (QED) is 0.926. The van der Waals surface area contributed by atoms with Crippen molar-refractivity contribution < 1.29 is 8.42 Å². The average molecular weight is 320 g/mol. The van der Waals surface area contributed by atoms with Gasteiger partial charge in [-0.25, -0.2) is 8.42 Å². The molecule has 0 heterocycles. The molecule has 0 aliphatic carbocycles. The minimum atomic E-state index is -3.31. The number of aryl methyl sites for hydroxylation is 1. The smallest absolute Gasteiger partial charge is 0.233 e. The Morgan fingerprint density at radius 1 is 1.29 bits per heavy atom. The van der Waals surface area contributed by atoms with Crippen LogP contribution in [0.4, 0.5) is 5.69 Å².